The van der Waals surface area contributed by atoms with Gasteiger partial charge in [0.1, 0.15) is 42.4 Å². The monoisotopic (exact) mass is 1250 g/mol. The van der Waals surface area contributed by atoms with Crippen LogP contribution >= 0.6 is 0 Å². The third-order valence-corrected chi connectivity index (χ3v) is 12.8. The van der Waals surface area contributed by atoms with E-state index in [0.717, 1.165) is 0 Å². The van der Waals surface area contributed by atoms with Crippen molar-refractivity contribution in [3.8, 4) is 23.8 Å². The van der Waals surface area contributed by atoms with E-state index < -0.39 is 137 Å². The molecule has 11 N–H and O–H groups in total. The predicted octanol–water partition coefficient (Wildman–Crippen LogP) is 0.450. The maximum atomic E-state index is 13.7. The van der Waals surface area contributed by atoms with Gasteiger partial charge < -0.3 is 79.7 Å². The van der Waals surface area contributed by atoms with E-state index in [1.54, 1.807) is 24.3 Å². The Morgan fingerprint density at radius 2 is 1.43 bits per heavy atom. The average Bonchev–Trinajstić information content (AvgIpc) is 1.64. The standard InChI is InChI=1S/C50H53F5N8O20S.2CH4/c1-2-24-4-3-5-26(18-24)60-46-38-47(63(23-58-38)48-42(70)39(67)29(80-48)21-79-84(56,74)75)62(22-59-46)20-25-6-7-28(81-50-43(71)40(68)41(69)45(83-50)49(72)73)27(19-25)61-31(65)8-11-57-30(64)9-12-76-14-16-78-17-15-77-13-10-32(66)82-44-36(54)34(52)33(51)35(53)37(44)55;;/h1,3-7,18-19,22-23,29,39-43,45,48,50,67-71H,8-17,20-21H2,(H5,56,57,61,64,65,72,73,74,75);2*1H4/p+1/t29-,39-,40+,41+,42-,43-,45+,48-,50-;;/m1../s1. The summed E-state index contributed by atoms with van der Waals surface area (Å²) in [7, 11) is -4.48. The minimum atomic E-state index is -4.48. The molecule has 4 heterocycles. The fourth-order valence-electron chi connectivity index (χ4n) is 8.19. The fourth-order valence-corrected chi connectivity index (χ4v) is 8.51. The molecule has 2 amide bonds. The Balaban J connectivity index is 0.00000675. The van der Waals surface area contributed by atoms with Crippen molar-refractivity contribution in [2.75, 3.05) is 63.4 Å². The van der Waals surface area contributed by atoms with Gasteiger partial charge in [-0.2, -0.15) is 17.2 Å². The Kier molecular flexibility index (Phi) is 25.0. The van der Waals surface area contributed by atoms with Gasteiger partial charge in [0.2, 0.25) is 71.3 Å². The van der Waals surface area contributed by atoms with E-state index in [4.69, 9.17) is 40.0 Å². The molecule has 28 nitrogen and oxygen atoms in total. The number of halogens is 5. The van der Waals surface area contributed by atoms with Gasteiger partial charge in [0.05, 0.1) is 64.9 Å². The number of benzene rings is 3. The minimum Gasteiger partial charge on any atom is -0.479 e. The normalized spacial score (nSPS) is 20.9. The number of aromatic nitrogens is 4. The molecule has 86 heavy (non-hydrogen) atoms. The Labute approximate surface area is 486 Å². The number of nitrogens with two attached hydrogens (primary N) is 1. The van der Waals surface area contributed by atoms with E-state index in [1.807, 2.05) is 0 Å². The van der Waals surface area contributed by atoms with Crippen LogP contribution in [-0.4, -0.2) is 179 Å². The third-order valence-electron chi connectivity index (χ3n) is 12.3. The molecule has 34 heteroatoms. The molecule has 3 aromatic carbocycles. The first-order chi connectivity index (χ1) is 40.0. The molecule has 0 radical (unpaired) electrons. The summed E-state index contributed by atoms with van der Waals surface area (Å²) >= 11 is 0. The van der Waals surface area contributed by atoms with Crippen molar-refractivity contribution >= 4 is 62.4 Å². The first-order valence-electron chi connectivity index (χ1n) is 25.0. The molecule has 0 spiro atoms. The summed E-state index contributed by atoms with van der Waals surface area (Å²) in [5.74, 6) is -15.1. The van der Waals surface area contributed by atoms with Crippen LogP contribution in [0.2, 0.25) is 0 Å². The molecule has 2 aliphatic heterocycles. The number of hydrogen-bond donors (Lipinski definition) is 10. The number of anilines is 3. The van der Waals surface area contributed by atoms with Crippen molar-refractivity contribution in [3.05, 3.63) is 95.3 Å². The molecule has 7 rings (SSSR count). The number of amides is 2. The number of fused-ring (bicyclic) bond motifs is 1. The second kappa shape index (κ2) is 31.1. The van der Waals surface area contributed by atoms with Crippen LogP contribution in [0.4, 0.5) is 39.1 Å². The van der Waals surface area contributed by atoms with Crippen LogP contribution in [-0.2, 0) is 63.9 Å². The number of carboxylic acid groups (broad SMARTS) is 1. The molecule has 0 bridgehead atoms. The number of ether oxygens (including phenoxy) is 7. The van der Waals surface area contributed by atoms with Gasteiger partial charge in [0.15, 0.2) is 17.9 Å². The third kappa shape index (κ3) is 17.5. The molecule has 5 aromatic rings. The number of imidazole rings is 1. The number of esters is 1. The smallest absolute Gasteiger partial charge is 0.335 e. The van der Waals surface area contributed by atoms with Crippen molar-refractivity contribution in [2.24, 2.45) is 5.14 Å². The highest BCUT2D eigenvalue weighted by molar-refractivity contribution is 7.84. The number of hydrogen-bond acceptors (Lipinski definition) is 22. The quantitative estimate of drug-likeness (QED) is 0.00475. The highest BCUT2D eigenvalue weighted by Crippen LogP contribution is 2.35. The Hall–Kier alpha value is -7.63. The second-order valence-electron chi connectivity index (χ2n) is 18.3. The number of rotatable bonds is 28. The number of terminal acetylenes is 1. The largest absolute Gasteiger partial charge is 0.479 e. The van der Waals surface area contributed by atoms with Crippen molar-refractivity contribution in [3.63, 3.8) is 0 Å². The summed E-state index contributed by atoms with van der Waals surface area (Å²) in [6.07, 6.45) is -9.15. The van der Waals surface area contributed by atoms with Gasteiger partial charge in [-0.15, -0.1) is 6.42 Å². The van der Waals surface area contributed by atoms with Crippen molar-refractivity contribution in [1.82, 2.24) is 19.9 Å². The summed E-state index contributed by atoms with van der Waals surface area (Å²) < 4.78 is 135. The van der Waals surface area contributed by atoms with Crippen molar-refractivity contribution in [2.45, 2.75) is 95.9 Å². The lowest BCUT2D eigenvalue weighted by atomic mass is 9.99. The zero-order valence-corrected chi connectivity index (χ0v) is 44.3. The summed E-state index contributed by atoms with van der Waals surface area (Å²) in [4.78, 5) is 59.0. The molecule has 9 atom stereocenters. The van der Waals surface area contributed by atoms with E-state index in [9.17, 15) is 80.2 Å². The summed E-state index contributed by atoms with van der Waals surface area (Å²) in [6.45, 7) is -1.59. The molecular weight excluding hydrogens is 1180 g/mol. The lowest BCUT2D eigenvalue weighted by Crippen LogP contribution is -2.61. The van der Waals surface area contributed by atoms with Crippen LogP contribution in [0.25, 0.3) is 11.2 Å². The van der Waals surface area contributed by atoms with Crippen LogP contribution in [0.5, 0.6) is 11.5 Å². The summed E-state index contributed by atoms with van der Waals surface area (Å²) in [5, 5.41) is 76.6. The van der Waals surface area contributed by atoms with E-state index in [2.05, 4.69) is 40.8 Å². The zero-order valence-electron chi connectivity index (χ0n) is 43.5. The van der Waals surface area contributed by atoms with Gasteiger partial charge in [-0.05, 0) is 35.9 Å². The zero-order chi connectivity index (χ0) is 61.0. The minimum absolute atomic E-state index is 0. The van der Waals surface area contributed by atoms with Gasteiger partial charge in [-0.3, -0.25) is 18.6 Å². The summed E-state index contributed by atoms with van der Waals surface area (Å²) in [5.41, 5.74) is 1.64. The molecule has 0 saturated carbocycles. The van der Waals surface area contributed by atoms with Gasteiger partial charge in [0.25, 0.3) is 5.65 Å². The fraction of sp³-hybridized carbons (Fsp3) is 0.442. The van der Waals surface area contributed by atoms with E-state index in [1.165, 1.54) is 40.0 Å². The van der Waals surface area contributed by atoms with Crippen molar-refractivity contribution in [1.29, 1.82) is 0 Å². The van der Waals surface area contributed by atoms with Crippen LogP contribution < -0.4 is 35.1 Å². The first-order valence-corrected chi connectivity index (χ1v) is 26.4. The number of nitrogens with zero attached hydrogens (tertiary/aromatic N) is 4. The maximum absolute atomic E-state index is 13.7. The Bertz CT molecular complexity index is 3340. The Morgan fingerprint density at radius 3 is 2.08 bits per heavy atom. The number of aliphatic hydroxyl groups excluding tert-OH is 5. The molecule has 470 valence electrons. The second-order valence-corrected chi connectivity index (χ2v) is 19.5. The number of nitrogens with one attached hydrogen (secondary N) is 3. The highest BCUT2D eigenvalue weighted by Gasteiger charge is 2.49. The number of aliphatic hydroxyl groups is 5. The number of carbonyl (C=O) groups is 4. The highest BCUT2D eigenvalue weighted by atomic mass is 32.2. The molecule has 0 unspecified atom stereocenters. The van der Waals surface area contributed by atoms with Gasteiger partial charge >= 0.3 is 22.2 Å². The topological polar surface area (TPSA) is 394 Å². The van der Waals surface area contributed by atoms with Gasteiger partial charge in [-0.1, -0.05) is 37.9 Å². The summed E-state index contributed by atoms with van der Waals surface area (Å²) in [6, 6.07) is 10.9. The first kappa shape index (κ1) is 69.1. The molecule has 2 aliphatic rings. The molecule has 2 fully saturated rings. The van der Waals surface area contributed by atoms with E-state index >= 15 is 0 Å². The number of aliphatic carboxylic acids is 1. The van der Waals surface area contributed by atoms with Gasteiger partial charge in [-0.25, -0.2) is 37.2 Å². The number of carboxylic acids is 1. The van der Waals surface area contributed by atoms with Crippen LogP contribution in [0.15, 0.2) is 55.1 Å². The molecular formula is C52H62F5N8O20S+. The molecule has 0 aliphatic carbocycles. The lowest BCUT2D eigenvalue weighted by Gasteiger charge is -2.38. The van der Waals surface area contributed by atoms with Crippen LogP contribution in [0.3, 0.4) is 0 Å². The van der Waals surface area contributed by atoms with Crippen molar-refractivity contribution < 1.29 is 122 Å². The Morgan fingerprint density at radius 1 is 0.779 bits per heavy atom. The SMILES string of the molecule is C.C.C#Cc1cccc(Nc2nc[n+](Cc3ccc(O[C@@H]4O[C@H](C(=O)O)[C@@H](O)[C@H](O)[C@H]4O)c(NC(=O)CCNC(=O)CCOCCOCCOCCC(=O)Oc4c(F)c(F)c(F)c(F)c4F)c3)c3c2ncn3[C@@H]2O[C@H](COS(N)(=O)=O)[C@@H](O)[C@H]2O)c1. The van der Waals surface area contributed by atoms with Crippen LogP contribution in [0, 0.1) is 41.4 Å². The van der Waals surface area contributed by atoms with E-state index in [0.29, 0.717) is 16.8 Å². The lowest BCUT2D eigenvalue weighted by molar-refractivity contribution is -0.668. The molecule has 2 aromatic heterocycles. The predicted molar refractivity (Wildman–Crippen MR) is 284 cm³/mol. The van der Waals surface area contributed by atoms with E-state index in [-0.39, 0.29) is 109 Å². The van der Waals surface area contributed by atoms with Gasteiger partial charge in [0, 0.05) is 30.6 Å². The average molecular weight is 1250 g/mol. The maximum Gasteiger partial charge on any atom is 0.335 e. The van der Waals surface area contributed by atoms with Crippen LogP contribution in [0.1, 0.15) is 51.5 Å². The molecule has 2 saturated heterocycles. The number of carbonyl (C=O) groups excluding carboxylic acids is 3.